The molecule has 0 saturated carbocycles. The number of hydrogen-bond acceptors (Lipinski definition) is 5. The van der Waals surface area contributed by atoms with E-state index >= 15 is 0 Å². The zero-order chi connectivity index (χ0) is 21.7. The van der Waals surface area contributed by atoms with Crippen LogP contribution in [0.2, 0.25) is 5.02 Å². The summed E-state index contributed by atoms with van der Waals surface area (Å²) in [5, 5.41) is 8.71. The third kappa shape index (κ3) is 2.95. The van der Waals surface area contributed by atoms with Crippen molar-refractivity contribution in [2.45, 2.75) is 12.1 Å². The summed E-state index contributed by atoms with van der Waals surface area (Å²) in [7, 11) is 1.66. The summed E-state index contributed by atoms with van der Waals surface area (Å²) in [5.41, 5.74) is 5.06. The van der Waals surface area contributed by atoms with E-state index in [-0.39, 0.29) is 12.1 Å². The highest BCUT2D eigenvalue weighted by atomic mass is 35.5. The maximum atomic E-state index is 6.59. The van der Waals surface area contributed by atoms with Gasteiger partial charge in [0, 0.05) is 16.2 Å². The molecule has 32 heavy (non-hydrogen) atoms. The van der Waals surface area contributed by atoms with Crippen molar-refractivity contribution < 1.29 is 9.47 Å². The van der Waals surface area contributed by atoms with Crippen molar-refractivity contribution in [1.29, 1.82) is 0 Å². The molecule has 3 heterocycles. The molecule has 2 atom stereocenters. The minimum atomic E-state index is -0.351. The van der Waals surface area contributed by atoms with Crippen LogP contribution in [0.25, 0.3) is 5.70 Å². The van der Waals surface area contributed by atoms with Crippen LogP contribution in [0.1, 0.15) is 28.8 Å². The Morgan fingerprint density at radius 3 is 2.66 bits per heavy atom. The second-order valence-electron chi connectivity index (χ2n) is 7.71. The van der Waals surface area contributed by atoms with E-state index in [9.17, 15) is 0 Å². The molecule has 4 aromatic rings. The number of rotatable bonds is 3. The van der Waals surface area contributed by atoms with Crippen molar-refractivity contribution in [3.8, 4) is 11.5 Å². The number of nitrogens with zero attached hydrogens (tertiary/aromatic N) is 3. The molecule has 2 aliphatic rings. The molecule has 0 bridgehead atoms. The highest BCUT2D eigenvalue weighted by Crippen LogP contribution is 2.50. The fourth-order valence-corrected chi connectivity index (χ4v) is 4.67. The number of halogens is 1. The third-order valence-electron chi connectivity index (χ3n) is 5.90. The Hall–Kier alpha value is -3.77. The van der Waals surface area contributed by atoms with Gasteiger partial charge in [-0.1, -0.05) is 48.0 Å². The molecule has 0 spiro atoms. The maximum absolute atomic E-state index is 6.59. The summed E-state index contributed by atoms with van der Waals surface area (Å²) in [4.78, 5) is 4.46. The van der Waals surface area contributed by atoms with Crippen LogP contribution in [0.4, 0.5) is 5.95 Å². The molecule has 6 rings (SSSR count). The fourth-order valence-electron chi connectivity index (χ4n) is 4.47. The molecule has 0 fully saturated rings. The number of fused-ring (bicyclic) bond motifs is 3. The Labute approximate surface area is 190 Å². The van der Waals surface area contributed by atoms with Crippen molar-refractivity contribution in [1.82, 2.24) is 14.8 Å². The summed E-state index contributed by atoms with van der Waals surface area (Å²) in [6.45, 7) is 0. The van der Waals surface area contributed by atoms with E-state index in [0.29, 0.717) is 11.0 Å². The average molecular weight is 443 g/mol. The fraction of sp³-hybridized carbons (Fsp3) is 0.120. The van der Waals surface area contributed by atoms with Crippen LogP contribution in [-0.2, 0) is 0 Å². The van der Waals surface area contributed by atoms with Gasteiger partial charge in [-0.25, -0.2) is 4.68 Å². The lowest BCUT2D eigenvalue weighted by molar-refractivity contribution is 0.223. The molecule has 0 unspecified atom stereocenters. The van der Waals surface area contributed by atoms with Gasteiger partial charge in [0.05, 0.1) is 12.8 Å². The van der Waals surface area contributed by atoms with E-state index in [1.165, 1.54) is 0 Å². The van der Waals surface area contributed by atoms with Crippen molar-refractivity contribution in [3.63, 3.8) is 0 Å². The topological polar surface area (TPSA) is 61.2 Å². The van der Waals surface area contributed by atoms with Gasteiger partial charge in [0.2, 0.25) is 5.95 Å². The first-order valence-electron chi connectivity index (χ1n) is 10.3. The van der Waals surface area contributed by atoms with E-state index in [1.807, 2.05) is 59.3 Å². The second-order valence-corrected chi connectivity index (χ2v) is 8.14. The number of benzene rings is 3. The van der Waals surface area contributed by atoms with Gasteiger partial charge in [-0.3, -0.25) is 0 Å². The highest BCUT2D eigenvalue weighted by molar-refractivity contribution is 6.30. The lowest BCUT2D eigenvalue weighted by Crippen LogP contribution is -2.32. The Kier molecular flexibility index (Phi) is 4.40. The molecule has 7 heteroatoms. The van der Waals surface area contributed by atoms with Gasteiger partial charge in [-0.2, -0.15) is 10.1 Å². The highest BCUT2D eigenvalue weighted by Gasteiger charge is 2.40. The van der Waals surface area contributed by atoms with Gasteiger partial charge >= 0.3 is 0 Å². The first-order valence-corrected chi connectivity index (χ1v) is 10.7. The van der Waals surface area contributed by atoms with Crippen molar-refractivity contribution in [2.75, 3.05) is 12.4 Å². The predicted octanol–water partition coefficient (Wildman–Crippen LogP) is 5.50. The Balaban J connectivity index is 1.61. The first kappa shape index (κ1) is 19.0. The molecule has 3 aromatic carbocycles. The van der Waals surface area contributed by atoms with Gasteiger partial charge in [0.1, 0.15) is 30.0 Å². The van der Waals surface area contributed by atoms with E-state index < -0.39 is 0 Å². The number of ether oxygens (including phenoxy) is 2. The summed E-state index contributed by atoms with van der Waals surface area (Å²) in [6.07, 6.45) is 1.22. The smallest absolute Gasteiger partial charge is 0.226 e. The van der Waals surface area contributed by atoms with Crippen LogP contribution in [0.15, 0.2) is 84.7 Å². The summed E-state index contributed by atoms with van der Waals surface area (Å²) < 4.78 is 13.9. The van der Waals surface area contributed by atoms with Crippen LogP contribution in [0.3, 0.4) is 0 Å². The first-order chi connectivity index (χ1) is 15.7. The van der Waals surface area contributed by atoms with Crippen molar-refractivity contribution >= 4 is 23.2 Å². The third-order valence-corrected chi connectivity index (χ3v) is 6.14. The monoisotopic (exact) mass is 442 g/mol. The molecule has 1 N–H and O–H groups in total. The van der Waals surface area contributed by atoms with Crippen molar-refractivity contribution in [2.24, 2.45) is 0 Å². The molecule has 6 nitrogen and oxygen atoms in total. The number of anilines is 1. The molecule has 0 radical (unpaired) electrons. The van der Waals surface area contributed by atoms with Gasteiger partial charge in [-0.15, -0.1) is 0 Å². The number of aromatic nitrogens is 3. The van der Waals surface area contributed by atoms with Crippen LogP contribution in [0.5, 0.6) is 11.5 Å². The minimum Gasteiger partial charge on any atom is -0.497 e. The predicted molar refractivity (Wildman–Crippen MR) is 123 cm³/mol. The SMILES string of the molecule is COc1ccc([C@H]2C3=C(Nc4ncnn42)c2ccccc2O[C@@H]3c2cccc(Cl)c2)cc1. The molecule has 158 valence electrons. The number of hydrogen-bond donors (Lipinski definition) is 1. The second kappa shape index (κ2) is 7.43. The normalized spacial score (nSPS) is 18.7. The van der Waals surface area contributed by atoms with E-state index in [4.69, 9.17) is 21.1 Å². The van der Waals surface area contributed by atoms with Crippen molar-refractivity contribution in [3.05, 3.63) is 106 Å². The van der Waals surface area contributed by atoms with Gasteiger partial charge < -0.3 is 14.8 Å². The number of methoxy groups -OCH3 is 1. The average Bonchev–Trinajstić information content (AvgIpc) is 3.30. The molecular formula is C25H19ClN4O2. The molecule has 0 amide bonds. The standard InChI is InChI=1S/C25H19ClN4O2/c1-31-18-11-9-15(10-12-18)23-21-22(29-25-27-14-28-30(23)25)19-7-2-3-8-20(19)32-24(21)16-5-4-6-17(26)13-16/h2-14,23-24H,1H3,(H,27,28,29)/t23-,24+/m0/s1. The largest absolute Gasteiger partial charge is 0.497 e. The quantitative estimate of drug-likeness (QED) is 0.454. The molecule has 1 aromatic heterocycles. The summed E-state index contributed by atoms with van der Waals surface area (Å²) in [5.74, 6) is 2.30. The lowest BCUT2D eigenvalue weighted by atomic mass is 9.84. The maximum Gasteiger partial charge on any atom is 0.226 e. The molecule has 2 aliphatic heterocycles. The van der Waals surface area contributed by atoms with E-state index in [2.05, 4.69) is 33.6 Å². The zero-order valence-electron chi connectivity index (χ0n) is 17.2. The summed E-state index contributed by atoms with van der Waals surface area (Å²) in [6, 6.07) is 23.6. The van der Waals surface area contributed by atoms with Crippen LogP contribution >= 0.6 is 11.6 Å². The molecule has 0 aliphatic carbocycles. The molecular weight excluding hydrogens is 424 g/mol. The Morgan fingerprint density at radius 2 is 1.84 bits per heavy atom. The number of nitrogens with one attached hydrogen (secondary N) is 1. The van der Waals surface area contributed by atoms with Crippen LogP contribution in [0, 0.1) is 0 Å². The minimum absolute atomic E-state index is 0.216. The van der Waals surface area contributed by atoms with E-state index in [0.717, 1.165) is 39.5 Å². The number of para-hydroxylation sites is 1. The Bertz CT molecular complexity index is 1350. The van der Waals surface area contributed by atoms with Crippen LogP contribution < -0.4 is 14.8 Å². The zero-order valence-corrected chi connectivity index (χ0v) is 18.0. The van der Waals surface area contributed by atoms with Crippen LogP contribution in [-0.4, -0.2) is 21.9 Å². The van der Waals surface area contributed by atoms with Gasteiger partial charge in [0.15, 0.2) is 0 Å². The Morgan fingerprint density at radius 1 is 1.00 bits per heavy atom. The van der Waals surface area contributed by atoms with E-state index in [1.54, 1.807) is 13.4 Å². The van der Waals surface area contributed by atoms with Gasteiger partial charge in [-0.05, 0) is 47.5 Å². The summed E-state index contributed by atoms with van der Waals surface area (Å²) >= 11 is 6.36. The molecule has 0 saturated heterocycles. The van der Waals surface area contributed by atoms with Gasteiger partial charge in [0.25, 0.3) is 0 Å². The lowest BCUT2D eigenvalue weighted by Gasteiger charge is -2.39.